The van der Waals surface area contributed by atoms with Crippen molar-refractivity contribution in [3.63, 3.8) is 0 Å². The van der Waals surface area contributed by atoms with Crippen molar-refractivity contribution in [3.8, 4) is 5.75 Å². The average Bonchev–Trinajstić information content (AvgIpc) is 2.53. The van der Waals surface area contributed by atoms with E-state index < -0.39 is 0 Å². The lowest BCUT2D eigenvalue weighted by Gasteiger charge is -2.34. The van der Waals surface area contributed by atoms with Crippen molar-refractivity contribution >= 4 is 5.69 Å². The minimum absolute atomic E-state index is 0.398. The van der Waals surface area contributed by atoms with E-state index in [-0.39, 0.29) is 0 Å². The van der Waals surface area contributed by atoms with Gasteiger partial charge in [-0.1, -0.05) is 44.2 Å². The van der Waals surface area contributed by atoms with Gasteiger partial charge in [0.25, 0.3) is 0 Å². The molecule has 1 aliphatic rings. The summed E-state index contributed by atoms with van der Waals surface area (Å²) in [5.41, 5.74) is 7.18. The fourth-order valence-corrected chi connectivity index (χ4v) is 3.34. The Bertz CT molecular complexity index is 402. The number of hydrogen-bond donors (Lipinski definition) is 1. The second-order valence-corrected chi connectivity index (χ2v) is 5.91. The van der Waals surface area contributed by atoms with Gasteiger partial charge in [-0.15, -0.1) is 0 Å². The van der Waals surface area contributed by atoms with Gasteiger partial charge in [-0.05, 0) is 24.5 Å². The van der Waals surface area contributed by atoms with Crippen LogP contribution in [0.3, 0.4) is 0 Å². The molecule has 0 amide bonds. The van der Waals surface area contributed by atoms with Gasteiger partial charge in [-0.2, -0.15) is 0 Å². The topological polar surface area (TPSA) is 38.5 Å². The average molecular weight is 276 g/mol. The third-order valence-corrected chi connectivity index (χ3v) is 4.62. The summed E-state index contributed by atoms with van der Waals surface area (Å²) in [6.45, 7) is 0.699. The monoisotopic (exact) mass is 276 g/mol. The number of ether oxygens (including phenoxy) is 1. The smallest absolute Gasteiger partial charge is 0.142 e. The van der Waals surface area contributed by atoms with E-state index in [1.165, 1.54) is 38.5 Å². The van der Waals surface area contributed by atoms with Gasteiger partial charge in [0.05, 0.1) is 12.8 Å². The molecule has 1 atom stereocenters. The molecule has 3 heteroatoms. The number of likely N-dealkylation sites (N-methyl/N-ethyl adjacent to an activating group) is 1. The molecule has 1 unspecified atom stereocenters. The van der Waals surface area contributed by atoms with Crippen molar-refractivity contribution < 1.29 is 4.74 Å². The van der Waals surface area contributed by atoms with Crippen molar-refractivity contribution in [2.45, 2.75) is 44.6 Å². The van der Waals surface area contributed by atoms with Crippen molar-refractivity contribution in [3.05, 3.63) is 24.3 Å². The van der Waals surface area contributed by atoms with Gasteiger partial charge in [0.1, 0.15) is 5.75 Å². The first-order valence-corrected chi connectivity index (χ1v) is 7.82. The lowest BCUT2D eigenvalue weighted by atomic mass is 9.84. The Balaban J connectivity index is 2.05. The zero-order chi connectivity index (χ0) is 14.4. The van der Waals surface area contributed by atoms with Crippen LogP contribution in [0.1, 0.15) is 38.5 Å². The van der Waals surface area contributed by atoms with E-state index in [0.29, 0.717) is 12.6 Å². The van der Waals surface area contributed by atoms with Gasteiger partial charge in [-0.25, -0.2) is 0 Å². The predicted molar refractivity (Wildman–Crippen MR) is 85.4 cm³/mol. The van der Waals surface area contributed by atoms with E-state index in [1.807, 2.05) is 12.1 Å². The second-order valence-electron chi connectivity index (χ2n) is 5.91. The number of hydrogen-bond acceptors (Lipinski definition) is 3. The molecule has 0 bridgehead atoms. The molecule has 0 aliphatic heterocycles. The Morgan fingerprint density at radius 1 is 1.25 bits per heavy atom. The maximum atomic E-state index is 6.04. The highest BCUT2D eigenvalue weighted by molar-refractivity contribution is 5.58. The first kappa shape index (κ1) is 15.2. The zero-order valence-electron chi connectivity index (χ0n) is 12.8. The van der Waals surface area contributed by atoms with E-state index in [4.69, 9.17) is 10.5 Å². The molecule has 2 N–H and O–H groups in total. The van der Waals surface area contributed by atoms with E-state index in [9.17, 15) is 0 Å². The van der Waals surface area contributed by atoms with E-state index >= 15 is 0 Å². The Kier molecular flexibility index (Phi) is 5.72. The molecule has 0 spiro atoms. The number of nitrogens with two attached hydrogens (primary N) is 1. The van der Waals surface area contributed by atoms with Crippen molar-refractivity contribution in [1.82, 2.24) is 0 Å². The summed E-state index contributed by atoms with van der Waals surface area (Å²) in [6.07, 6.45) is 8.13. The zero-order valence-corrected chi connectivity index (χ0v) is 12.8. The van der Waals surface area contributed by atoms with Crippen LogP contribution in [-0.4, -0.2) is 26.7 Å². The Labute approximate surface area is 123 Å². The molecule has 1 saturated carbocycles. The number of anilines is 1. The van der Waals surface area contributed by atoms with Crippen LogP contribution in [0.25, 0.3) is 0 Å². The predicted octanol–water partition coefficient (Wildman–Crippen LogP) is 3.43. The number of methoxy groups -OCH3 is 1. The molecule has 0 aromatic heterocycles. The van der Waals surface area contributed by atoms with E-state index in [0.717, 1.165) is 17.4 Å². The summed E-state index contributed by atoms with van der Waals surface area (Å²) in [6, 6.07) is 8.59. The Hall–Kier alpha value is -1.22. The SMILES string of the molecule is COc1ccccc1N(C)C(CN)CC1CCCCC1. The number of nitrogens with zero attached hydrogens (tertiary/aromatic N) is 1. The van der Waals surface area contributed by atoms with Gasteiger partial charge in [0.2, 0.25) is 0 Å². The van der Waals surface area contributed by atoms with Crippen molar-refractivity contribution in [1.29, 1.82) is 0 Å². The van der Waals surface area contributed by atoms with E-state index in [1.54, 1.807) is 7.11 Å². The quantitative estimate of drug-likeness (QED) is 0.865. The molecule has 0 radical (unpaired) electrons. The maximum absolute atomic E-state index is 6.04. The minimum atomic E-state index is 0.398. The lowest BCUT2D eigenvalue weighted by molar-refractivity contribution is 0.315. The van der Waals surface area contributed by atoms with Crippen LogP contribution < -0.4 is 15.4 Å². The molecular weight excluding hydrogens is 248 g/mol. The molecule has 20 heavy (non-hydrogen) atoms. The molecule has 0 saturated heterocycles. The fraction of sp³-hybridized carbons (Fsp3) is 0.647. The Morgan fingerprint density at radius 2 is 1.95 bits per heavy atom. The summed E-state index contributed by atoms with van der Waals surface area (Å²) in [7, 11) is 3.86. The molecule has 0 heterocycles. The van der Waals surface area contributed by atoms with Crippen LogP contribution in [0.15, 0.2) is 24.3 Å². The first-order valence-electron chi connectivity index (χ1n) is 7.82. The lowest BCUT2D eigenvalue weighted by Crippen LogP contribution is -2.39. The summed E-state index contributed by atoms with van der Waals surface area (Å²) in [4.78, 5) is 2.30. The molecule has 3 nitrogen and oxygen atoms in total. The number of rotatable bonds is 6. The molecular formula is C17H28N2O. The highest BCUT2D eigenvalue weighted by Gasteiger charge is 2.22. The summed E-state index contributed by atoms with van der Waals surface area (Å²) in [5.74, 6) is 1.77. The second kappa shape index (κ2) is 7.53. The third kappa shape index (κ3) is 3.66. The summed E-state index contributed by atoms with van der Waals surface area (Å²) < 4.78 is 5.47. The van der Waals surface area contributed by atoms with Crippen LogP contribution in [-0.2, 0) is 0 Å². The van der Waals surface area contributed by atoms with Crippen LogP contribution in [0.2, 0.25) is 0 Å². The van der Waals surface area contributed by atoms with Gasteiger partial charge in [0, 0.05) is 19.6 Å². The van der Waals surface area contributed by atoms with Gasteiger partial charge in [0.15, 0.2) is 0 Å². The minimum Gasteiger partial charge on any atom is -0.495 e. The number of para-hydroxylation sites is 2. The maximum Gasteiger partial charge on any atom is 0.142 e. The molecule has 1 aliphatic carbocycles. The van der Waals surface area contributed by atoms with Crippen LogP contribution in [0.5, 0.6) is 5.75 Å². The molecule has 1 aromatic carbocycles. The number of benzene rings is 1. The normalized spacial score (nSPS) is 17.8. The summed E-state index contributed by atoms with van der Waals surface area (Å²) in [5, 5.41) is 0. The van der Waals surface area contributed by atoms with Crippen LogP contribution >= 0.6 is 0 Å². The molecule has 1 fully saturated rings. The first-order chi connectivity index (χ1) is 9.76. The molecule has 2 rings (SSSR count). The van der Waals surface area contributed by atoms with Crippen molar-refractivity contribution in [2.75, 3.05) is 25.6 Å². The third-order valence-electron chi connectivity index (χ3n) is 4.62. The van der Waals surface area contributed by atoms with Crippen LogP contribution in [0.4, 0.5) is 5.69 Å². The fourth-order valence-electron chi connectivity index (χ4n) is 3.34. The summed E-state index contributed by atoms with van der Waals surface area (Å²) >= 11 is 0. The van der Waals surface area contributed by atoms with E-state index in [2.05, 4.69) is 24.1 Å². The van der Waals surface area contributed by atoms with Crippen molar-refractivity contribution in [2.24, 2.45) is 11.7 Å². The largest absolute Gasteiger partial charge is 0.495 e. The Morgan fingerprint density at radius 3 is 2.60 bits per heavy atom. The van der Waals surface area contributed by atoms with Gasteiger partial charge in [-0.3, -0.25) is 0 Å². The van der Waals surface area contributed by atoms with Gasteiger partial charge < -0.3 is 15.4 Å². The van der Waals surface area contributed by atoms with Crippen LogP contribution in [0, 0.1) is 5.92 Å². The molecule has 112 valence electrons. The van der Waals surface area contributed by atoms with Gasteiger partial charge >= 0.3 is 0 Å². The highest BCUT2D eigenvalue weighted by Crippen LogP contribution is 2.32. The molecule has 1 aromatic rings. The highest BCUT2D eigenvalue weighted by atomic mass is 16.5. The standard InChI is InChI=1S/C17H28N2O/c1-19(16-10-6-7-11-17(16)20-2)15(13-18)12-14-8-4-3-5-9-14/h6-7,10-11,14-15H,3-5,8-9,12-13,18H2,1-2H3.